The molecule has 2 heterocycles. The second kappa shape index (κ2) is 6.09. The van der Waals surface area contributed by atoms with Crippen molar-refractivity contribution in [1.29, 1.82) is 0 Å². The van der Waals surface area contributed by atoms with E-state index in [-0.39, 0.29) is 19.0 Å². The molecule has 8 heteroatoms. The van der Waals surface area contributed by atoms with E-state index in [1.807, 2.05) is 30.5 Å². The molecule has 0 aliphatic carbocycles. The molecule has 0 fully saturated rings. The summed E-state index contributed by atoms with van der Waals surface area (Å²) in [5, 5.41) is 22.0. The Morgan fingerprint density at radius 2 is 2.30 bits per heavy atom. The van der Waals surface area contributed by atoms with Gasteiger partial charge in [-0.05, 0) is 23.1 Å². The fourth-order valence-electron chi connectivity index (χ4n) is 2.46. The average molecular weight is 316 g/mol. The number of nitro groups is 1. The van der Waals surface area contributed by atoms with E-state index in [2.05, 4.69) is 9.97 Å². The highest BCUT2D eigenvalue weighted by molar-refractivity contribution is 5.85. The van der Waals surface area contributed by atoms with Crippen molar-refractivity contribution < 1.29 is 14.8 Å². The highest BCUT2D eigenvalue weighted by Gasteiger charge is 2.21. The molecule has 0 aliphatic heterocycles. The van der Waals surface area contributed by atoms with Gasteiger partial charge in [0.05, 0.1) is 0 Å². The number of benzene rings is 1. The van der Waals surface area contributed by atoms with Crippen LogP contribution in [0.4, 0.5) is 5.82 Å². The van der Waals surface area contributed by atoms with E-state index < -0.39 is 11.0 Å². The lowest BCUT2D eigenvalue weighted by Crippen LogP contribution is -2.24. The summed E-state index contributed by atoms with van der Waals surface area (Å²) in [6.45, 7) is 1.73. The number of ether oxygens (including phenoxy) is 1. The number of aryl methyl sites for hydroxylation is 1. The number of nitrogens with zero attached hydrogens (tertiary/aromatic N) is 3. The van der Waals surface area contributed by atoms with E-state index in [9.17, 15) is 15.2 Å². The topological polar surface area (TPSA) is 106 Å². The molecule has 0 radical (unpaired) electrons. The second-order valence-electron chi connectivity index (χ2n) is 5.19. The number of imidazole rings is 1. The number of aliphatic hydroxyl groups excluding tert-OH is 1. The van der Waals surface area contributed by atoms with Crippen LogP contribution in [0.1, 0.15) is 5.82 Å². The number of hydrogen-bond acceptors (Lipinski definition) is 5. The molecule has 3 rings (SSSR count). The molecule has 0 aliphatic rings. The summed E-state index contributed by atoms with van der Waals surface area (Å²) in [6, 6.07) is 7.48. The molecular formula is C15H16N4O4. The lowest BCUT2D eigenvalue weighted by Gasteiger charge is -2.12. The van der Waals surface area contributed by atoms with E-state index in [0.717, 1.165) is 10.9 Å². The number of rotatable bonds is 6. The third kappa shape index (κ3) is 3.02. The molecule has 1 atom stereocenters. The van der Waals surface area contributed by atoms with Crippen molar-refractivity contribution in [3.05, 3.63) is 52.6 Å². The van der Waals surface area contributed by atoms with Crippen molar-refractivity contribution in [3.8, 4) is 5.75 Å². The Labute approximate surface area is 131 Å². The van der Waals surface area contributed by atoms with Gasteiger partial charge in [-0.3, -0.25) is 0 Å². The van der Waals surface area contributed by atoms with Crippen molar-refractivity contribution in [2.75, 3.05) is 6.61 Å². The second-order valence-corrected chi connectivity index (χ2v) is 5.19. The van der Waals surface area contributed by atoms with Crippen LogP contribution >= 0.6 is 0 Å². The molecule has 120 valence electrons. The SMILES string of the molecule is Cc1ncc([N+](=O)[O-])n1CC(O)COc1cccc2[nH]ccc12. The molecule has 0 saturated carbocycles. The molecule has 0 amide bonds. The molecule has 0 bridgehead atoms. The Morgan fingerprint density at radius 1 is 1.48 bits per heavy atom. The first-order valence-electron chi connectivity index (χ1n) is 7.09. The van der Waals surface area contributed by atoms with Gasteiger partial charge < -0.3 is 24.9 Å². The summed E-state index contributed by atoms with van der Waals surface area (Å²) in [6.07, 6.45) is 2.10. The maximum absolute atomic E-state index is 10.9. The van der Waals surface area contributed by atoms with Gasteiger partial charge in [0.25, 0.3) is 0 Å². The quantitative estimate of drug-likeness (QED) is 0.534. The van der Waals surface area contributed by atoms with Gasteiger partial charge in [-0.25, -0.2) is 9.55 Å². The van der Waals surface area contributed by atoms with E-state index in [0.29, 0.717) is 11.6 Å². The third-order valence-corrected chi connectivity index (χ3v) is 3.60. The first-order valence-corrected chi connectivity index (χ1v) is 7.09. The normalized spacial score (nSPS) is 12.4. The zero-order valence-electron chi connectivity index (χ0n) is 12.5. The number of H-pyrrole nitrogens is 1. The molecule has 0 saturated heterocycles. The molecule has 2 aromatic heterocycles. The first kappa shape index (κ1) is 15.0. The van der Waals surface area contributed by atoms with Crippen LogP contribution < -0.4 is 4.74 Å². The largest absolute Gasteiger partial charge is 0.490 e. The van der Waals surface area contributed by atoms with Gasteiger partial charge in [0.2, 0.25) is 0 Å². The Balaban J connectivity index is 1.69. The molecule has 0 spiro atoms. The molecule has 1 aromatic carbocycles. The predicted molar refractivity (Wildman–Crippen MR) is 83.4 cm³/mol. The third-order valence-electron chi connectivity index (χ3n) is 3.60. The zero-order chi connectivity index (χ0) is 16.4. The summed E-state index contributed by atoms with van der Waals surface area (Å²) >= 11 is 0. The number of nitrogens with one attached hydrogen (secondary N) is 1. The summed E-state index contributed by atoms with van der Waals surface area (Å²) < 4.78 is 7.02. The van der Waals surface area contributed by atoms with Gasteiger partial charge >= 0.3 is 5.82 Å². The molecule has 8 nitrogen and oxygen atoms in total. The number of aliphatic hydroxyl groups is 1. The minimum Gasteiger partial charge on any atom is -0.490 e. The van der Waals surface area contributed by atoms with E-state index in [1.54, 1.807) is 6.92 Å². The summed E-state index contributed by atoms with van der Waals surface area (Å²) in [5.41, 5.74) is 0.943. The fourth-order valence-corrected chi connectivity index (χ4v) is 2.46. The lowest BCUT2D eigenvalue weighted by molar-refractivity contribution is -0.392. The standard InChI is InChI=1S/C15H16N4O4/c1-10-17-7-15(19(21)22)18(10)8-11(20)9-23-14-4-2-3-13-12(14)5-6-16-13/h2-7,11,16,20H,8-9H2,1H3. The smallest absolute Gasteiger partial charge is 0.342 e. The maximum atomic E-state index is 10.9. The minimum absolute atomic E-state index is 0.0269. The highest BCUT2D eigenvalue weighted by atomic mass is 16.6. The van der Waals surface area contributed by atoms with Crippen LogP contribution in [-0.2, 0) is 6.54 Å². The Hall–Kier alpha value is -2.87. The highest BCUT2D eigenvalue weighted by Crippen LogP contribution is 2.24. The fraction of sp³-hybridized carbons (Fsp3) is 0.267. The van der Waals surface area contributed by atoms with Gasteiger partial charge in [0, 0.05) is 24.0 Å². The predicted octanol–water partition coefficient (Wildman–Crippen LogP) is 2.02. The summed E-state index contributed by atoms with van der Waals surface area (Å²) in [4.78, 5) is 17.4. The van der Waals surface area contributed by atoms with E-state index in [4.69, 9.17) is 4.74 Å². The Bertz CT molecular complexity index is 839. The molecule has 23 heavy (non-hydrogen) atoms. The van der Waals surface area contributed by atoms with Crippen LogP contribution in [0.15, 0.2) is 36.7 Å². The number of aromatic amines is 1. The minimum atomic E-state index is -0.893. The van der Waals surface area contributed by atoms with Gasteiger partial charge in [-0.1, -0.05) is 6.07 Å². The van der Waals surface area contributed by atoms with Gasteiger partial charge in [0.15, 0.2) is 5.82 Å². The van der Waals surface area contributed by atoms with Gasteiger partial charge in [-0.2, -0.15) is 0 Å². The first-order chi connectivity index (χ1) is 11.1. The summed E-state index contributed by atoms with van der Waals surface area (Å²) in [7, 11) is 0. The Kier molecular flexibility index (Phi) is 3.98. The van der Waals surface area contributed by atoms with Crippen molar-refractivity contribution in [2.24, 2.45) is 0 Å². The number of fused-ring (bicyclic) bond motifs is 1. The van der Waals surface area contributed by atoms with Crippen molar-refractivity contribution >= 4 is 16.7 Å². The van der Waals surface area contributed by atoms with Crippen LogP contribution in [0.3, 0.4) is 0 Å². The van der Waals surface area contributed by atoms with Crippen LogP contribution in [0, 0.1) is 17.0 Å². The number of hydrogen-bond donors (Lipinski definition) is 2. The van der Waals surface area contributed by atoms with Gasteiger partial charge in [-0.15, -0.1) is 0 Å². The molecule has 1 unspecified atom stereocenters. The van der Waals surface area contributed by atoms with Crippen LogP contribution in [0.25, 0.3) is 10.9 Å². The van der Waals surface area contributed by atoms with Crippen molar-refractivity contribution in [2.45, 2.75) is 19.6 Å². The molecule has 3 aromatic rings. The number of aromatic nitrogens is 3. The van der Waals surface area contributed by atoms with Crippen molar-refractivity contribution in [1.82, 2.24) is 14.5 Å². The lowest BCUT2D eigenvalue weighted by atomic mass is 10.2. The Morgan fingerprint density at radius 3 is 3.09 bits per heavy atom. The molecule has 2 N–H and O–H groups in total. The van der Waals surface area contributed by atoms with E-state index in [1.165, 1.54) is 10.8 Å². The maximum Gasteiger partial charge on any atom is 0.342 e. The molecular weight excluding hydrogens is 300 g/mol. The van der Waals surface area contributed by atoms with Crippen LogP contribution in [0.5, 0.6) is 5.75 Å². The van der Waals surface area contributed by atoms with Crippen LogP contribution in [-0.4, -0.2) is 37.3 Å². The average Bonchev–Trinajstić information content (AvgIpc) is 3.13. The van der Waals surface area contributed by atoms with E-state index >= 15 is 0 Å². The monoisotopic (exact) mass is 316 g/mol. The zero-order valence-corrected chi connectivity index (χ0v) is 12.5. The van der Waals surface area contributed by atoms with Gasteiger partial charge in [0.1, 0.15) is 31.2 Å². The van der Waals surface area contributed by atoms with Crippen molar-refractivity contribution in [3.63, 3.8) is 0 Å². The van der Waals surface area contributed by atoms with Crippen LogP contribution in [0.2, 0.25) is 0 Å². The summed E-state index contributed by atoms with van der Waals surface area (Å²) in [5.74, 6) is 0.984.